The average Bonchev–Trinajstić information content (AvgIpc) is 2.83. The molecule has 1 saturated heterocycles. The summed E-state index contributed by atoms with van der Waals surface area (Å²) >= 11 is 0. The van der Waals surface area contributed by atoms with Gasteiger partial charge in [0.05, 0.1) is 0 Å². The molecule has 1 heterocycles. The first-order chi connectivity index (χ1) is 15.5. The van der Waals surface area contributed by atoms with E-state index < -0.39 is 0 Å². The molecule has 4 nitrogen and oxygen atoms in total. The number of nitrogens with one attached hydrogen (secondary N) is 1. The molecule has 0 unspecified atom stereocenters. The normalized spacial score (nSPS) is 22.0. The molecule has 2 aromatic rings. The zero-order valence-corrected chi connectivity index (χ0v) is 20.6. The Kier molecular flexibility index (Phi) is 7.87. The lowest BCUT2D eigenvalue weighted by Crippen LogP contribution is -2.51. The van der Waals surface area contributed by atoms with Crippen molar-refractivity contribution in [2.75, 3.05) is 31.1 Å². The summed E-state index contributed by atoms with van der Waals surface area (Å²) < 4.78 is 0. The molecule has 3 N–H and O–H groups in total. The maximum absolute atomic E-state index is 8.45. The molecule has 170 valence electrons. The van der Waals surface area contributed by atoms with Crippen molar-refractivity contribution in [1.82, 2.24) is 4.90 Å². The van der Waals surface area contributed by atoms with Crippen molar-refractivity contribution in [3.05, 3.63) is 66.2 Å². The van der Waals surface area contributed by atoms with Crippen LogP contribution in [0, 0.1) is 11.3 Å². The smallest absolute Gasteiger partial charge is 0.105 e. The third-order valence-electron chi connectivity index (χ3n) is 6.76. The second-order valence-corrected chi connectivity index (χ2v) is 11.2. The Labute approximate surface area is 200 Å². The van der Waals surface area contributed by atoms with Crippen LogP contribution in [0.15, 0.2) is 60.0 Å². The van der Waals surface area contributed by atoms with E-state index in [0.717, 1.165) is 41.1 Å². The molecule has 0 spiro atoms. The van der Waals surface area contributed by atoms with Crippen molar-refractivity contribution in [3.8, 4) is 0 Å². The van der Waals surface area contributed by atoms with Crippen LogP contribution in [0.1, 0.15) is 43.7 Å². The molecule has 0 aromatic heterocycles. The van der Waals surface area contributed by atoms with Gasteiger partial charge in [0, 0.05) is 54.1 Å². The number of rotatable bonds is 6. The van der Waals surface area contributed by atoms with E-state index in [2.05, 4.69) is 47.6 Å². The summed E-state index contributed by atoms with van der Waals surface area (Å²) in [7, 11) is 3.08. The van der Waals surface area contributed by atoms with E-state index in [0.29, 0.717) is 10.7 Å². The van der Waals surface area contributed by atoms with Gasteiger partial charge in [-0.2, -0.15) is 0 Å². The summed E-state index contributed by atoms with van der Waals surface area (Å²) in [6.07, 6.45) is 5.53. The predicted octanol–water partition coefficient (Wildman–Crippen LogP) is 6.08. The Balaban J connectivity index is 1.25. The number of hydrogen-bond acceptors (Lipinski definition) is 6. The zero-order chi connectivity index (χ0) is 22.5. The molecule has 1 aliphatic heterocycles. The molecule has 2 aromatic carbocycles. The molecule has 0 bridgehead atoms. The first kappa shape index (κ1) is 23.3. The van der Waals surface area contributed by atoms with Crippen molar-refractivity contribution in [2.45, 2.75) is 43.5 Å². The van der Waals surface area contributed by atoms with Gasteiger partial charge < -0.3 is 10.6 Å². The number of piperazine rings is 1. The molecule has 0 amide bonds. The molecule has 32 heavy (non-hydrogen) atoms. The van der Waals surface area contributed by atoms with E-state index >= 15 is 0 Å². The topological polar surface area (TPSA) is 56.4 Å². The van der Waals surface area contributed by atoms with Gasteiger partial charge >= 0.3 is 0 Å². The zero-order valence-electron chi connectivity index (χ0n) is 18.9. The van der Waals surface area contributed by atoms with Gasteiger partial charge in [0.1, 0.15) is 5.04 Å². The standard InChI is InChI=1S/C26H34N4S2/c1-19-3-9-23(10-4-19)29-15-17-30(18-16-29)24-11-5-22(6-12-24)26(28)32-31-25-13-7-21(8-14-25)20(2)27/h5-8,11-14,19,23,28H,2-4,9-10,15-18,27H2,1H3. The lowest BCUT2D eigenvalue weighted by atomic mass is 9.86. The quantitative estimate of drug-likeness (QED) is 0.307. The van der Waals surface area contributed by atoms with Crippen LogP contribution in [0.5, 0.6) is 0 Å². The van der Waals surface area contributed by atoms with Crippen molar-refractivity contribution < 1.29 is 0 Å². The Morgan fingerprint density at radius 2 is 1.50 bits per heavy atom. The van der Waals surface area contributed by atoms with Crippen LogP contribution in [0.3, 0.4) is 0 Å². The van der Waals surface area contributed by atoms with Crippen LogP contribution in [0.2, 0.25) is 0 Å². The fourth-order valence-electron chi connectivity index (χ4n) is 4.64. The molecular formula is C26H34N4S2. The van der Waals surface area contributed by atoms with Crippen LogP contribution >= 0.6 is 21.6 Å². The first-order valence-electron chi connectivity index (χ1n) is 11.6. The number of nitrogens with zero attached hydrogens (tertiary/aromatic N) is 2. The van der Waals surface area contributed by atoms with Gasteiger partial charge in [0.15, 0.2) is 0 Å². The predicted molar refractivity (Wildman–Crippen MR) is 142 cm³/mol. The number of hydrogen-bond donors (Lipinski definition) is 2. The molecule has 2 fully saturated rings. The van der Waals surface area contributed by atoms with E-state index in [-0.39, 0.29) is 0 Å². The van der Waals surface area contributed by atoms with Crippen molar-refractivity contribution in [3.63, 3.8) is 0 Å². The monoisotopic (exact) mass is 466 g/mol. The van der Waals surface area contributed by atoms with Gasteiger partial charge in [0.2, 0.25) is 0 Å². The molecule has 1 aliphatic carbocycles. The largest absolute Gasteiger partial charge is 0.399 e. The van der Waals surface area contributed by atoms with E-state index in [4.69, 9.17) is 11.1 Å². The molecule has 1 saturated carbocycles. The summed E-state index contributed by atoms with van der Waals surface area (Å²) in [5, 5.41) is 9.02. The summed E-state index contributed by atoms with van der Waals surface area (Å²) in [5.74, 6) is 0.915. The Bertz CT molecular complexity index is 910. The maximum atomic E-state index is 8.45. The van der Waals surface area contributed by atoms with Gasteiger partial charge in [-0.15, -0.1) is 0 Å². The maximum Gasteiger partial charge on any atom is 0.105 e. The van der Waals surface area contributed by atoms with Crippen LogP contribution in [0.4, 0.5) is 5.69 Å². The van der Waals surface area contributed by atoms with Crippen molar-refractivity contribution in [2.24, 2.45) is 11.7 Å². The second-order valence-electron chi connectivity index (χ2n) is 9.03. The number of nitrogens with two attached hydrogens (primary N) is 1. The Hall–Kier alpha value is -1.89. The SMILES string of the molecule is C=C(N)c1ccc(SSC(=N)c2ccc(N3CCN(C4CCC(C)CC4)CC3)cc2)cc1. The highest BCUT2D eigenvalue weighted by Gasteiger charge is 2.27. The van der Waals surface area contributed by atoms with Gasteiger partial charge in [-0.25, -0.2) is 0 Å². The van der Waals surface area contributed by atoms with Gasteiger partial charge in [-0.1, -0.05) is 48.6 Å². The van der Waals surface area contributed by atoms with E-state index in [9.17, 15) is 0 Å². The minimum absolute atomic E-state index is 0.574. The Morgan fingerprint density at radius 1 is 0.906 bits per heavy atom. The summed E-state index contributed by atoms with van der Waals surface area (Å²) in [4.78, 5) is 6.31. The second kappa shape index (κ2) is 10.8. The third-order valence-corrected chi connectivity index (χ3v) is 9.03. The lowest BCUT2D eigenvalue weighted by Gasteiger charge is -2.42. The molecule has 4 rings (SSSR count). The molecule has 6 heteroatoms. The average molecular weight is 467 g/mol. The minimum atomic E-state index is 0.574. The van der Waals surface area contributed by atoms with Gasteiger partial charge in [0.25, 0.3) is 0 Å². The highest BCUT2D eigenvalue weighted by Crippen LogP contribution is 2.34. The highest BCUT2D eigenvalue weighted by atomic mass is 33.1. The third kappa shape index (κ3) is 5.91. The van der Waals surface area contributed by atoms with E-state index in [1.807, 2.05) is 24.3 Å². The van der Waals surface area contributed by atoms with Gasteiger partial charge in [-0.3, -0.25) is 10.3 Å². The van der Waals surface area contributed by atoms with Crippen LogP contribution in [-0.2, 0) is 0 Å². The van der Waals surface area contributed by atoms with Crippen LogP contribution in [-0.4, -0.2) is 42.2 Å². The number of anilines is 1. The molecule has 0 atom stereocenters. The highest BCUT2D eigenvalue weighted by molar-refractivity contribution is 8.82. The fraction of sp³-hybridized carbons (Fsp3) is 0.423. The van der Waals surface area contributed by atoms with Crippen LogP contribution in [0.25, 0.3) is 5.70 Å². The molecular weight excluding hydrogens is 432 g/mol. The summed E-state index contributed by atoms with van der Waals surface area (Å²) in [6, 6.07) is 17.3. The minimum Gasteiger partial charge on any atom is -0.399 e. The first-order valence-corrected chi connectivity index (χ1v) is 13.7. The molecule has 2 aliphatic rings. The van der Waals surface area contributed by atoms with Gasteiger partial charge in [-0.05, 0) is 72.2 Å². The summed E-state index contributed by atoms with van der Waals surface area (Å²) in [6.45, 7) is 10.7. The lowest BCUT2D eigenvalue weighted by molar-refractivity contribution is 0.133. The molecule has 0 radical (unpaired) electrons. The van der Waals surface area contributed by atoms with Crippen LogP contribution < -0.4 is 10.6 Å². The van der Waals surface area contributed by atoms with Crippen molar-refractivity contribution >= 4 is 38.0 Å². The fourth-order valence-corrected chi connectivity index (χ4v) is 6.46. The Morgan fingerprint density at radius 3 is 2.09 bits per heavy atom. The van der Waals surface area contributed by atoms with E-state index in [1.54, 1.807) is 10.8 Å². The van der Waals surface area contributed by atoms with Crippen molar-refractivity contribution in [1.29, 1.82) is 5.41 Å². The summed E-state index contributed by atoms with van der Waals surface area (Å²) in [5.41, 5.74) is 9.48. The van der Waals surface area contributed by atoms with E-state index in [1.165, 1.54) is 55.3 Å². The number of benzene rings is 2.